The van der Waals surface area contributed by atoms with Crippen molar-refractivity contribution in [1.29, 1.82) is 0 Å². The lowest BCUT2D eigenvalue weighted by molar-refractivity contribution is 0.692. The molecule has 2 rings (SSSR count). The van der Waals surface area contributed by atoms with Gasteiger partial charge in [-0.3, -0.25) is 0 Å². The number of hydrogen-bond acceptors (Lipinski definition) is 5. The van der Waals surface area contributed by atoms with Crippen LogP contribution in [-0.4, -0.2) is 16.0 Å². The van der Waals surface area contributed by atoms with Crippen molar-refractivity contribution in [3.63, 3.8) is 0 Å². The number of hydrazine groups is 1. The van der Waals surface area contributed by atoms with Gasteiger partial charge in [0.05, 0.1) is 0 Å². The maximum atomic E-state index is 5.37. The largest absolute Gasteiger partial charge is 0.367 e. The first-order chi connectivity index (χ1) is 7.76. The van der Waals surface area contributed by atoms with E-state index in [-0.39, 0.29) is 0 Å². The van der Waals surface area contributed by atoms with Gasteiger partial charge in [-0.15, -0.1) is 0 Å². The fraction of sp³-hybridized carbons (Fsp3) is 0.636. The third-order valence-corrected chi connectivity index (χ3v) is 3.12. The monoisotopic (exact) mass is 221 g/mol. The third-order valence-electron chi connectivity index (χ3n) is 3.12. The summed E-state index contributed by atoms with van der Waals surface area (Å²) in [5, 5.41) is 3.45. The SMILES string of the molecule is CCCC1CC1Nc1ncnc(NN)c1C. The maximum absolute atomic E-state index is 5.37. The fourth-order valence-corrected chi connectivity index (χ4v) is 2.03. The van der Waals surface area contributed by atoms with Crippen LogP contribution in [0, 0.1) is 12.8 Å². The van der Waals surface area contributed by atoms with Crippen molar-refractivity contribution >= 4 is 11.6 Å². The van der Waals surface area contributed by atoms with Crippen LogP contribution >= 0.6 is 0 Å². The molecule has 0 saturated heterocycles. The molecule has 1 saturated carbocycles. The Kier molecular flexibility index (Phi) is 3.24. The molecule has 1 aromatic heterocycles. The molecule has 1 aromatic rings. The quantitative estimate of drug-likeness (QED) is 0.521. The van der Waals surface area contributed by atoms with E-state index in [4.69, 9.17) is 5.84 Å². The predicted molar refractivity (Wildman–Crippen MR) is 65.0 cm³/mol. The first kappa shape index (κ1) is 11.1. The summed E-state index contributed by atoms with van der Waals surface area (Å²) in [7, 11) is 0. The van der Waals surface area contributed by atoms with Crippen LogP contribution in [0.5, 0.6) is 0 Å². The van der Waals surface area contributed by atoms with Crippen LogP contribution < -0.4 is 16.6 Å². The molecule has 1 aliphatic rings. The van der Waals surface area contributed by atoms with Gasteiger partial charge < -0.3 is 10.7 Å². The van der Waals surface area contributed by atoms with Crippen LogP contribution in [0.15, 0.2) is 6.33 Å². The molecular formula is C11H19N5. The minimum Gasteiger partial charge on any atom is -0.367 e. The second-order valence-corrected chi connectivity index (χ2v) is 4.38. The van der Waals surface area contributed by atoms with Crippen LogP contribution in [0.4, 0.5) is 11.6 Å². The summed E-state index contributed by atoms with van der Waals surface area (Å²) >= 11 is 0. The summed E-state index contributed by atoms with van der Waals surface area (Å²) in [6.07, 6.45) is 5.33. The lowest BCUT2D eigenvalue weighted by Gasteiger charge is -2.10. The fourth-order valence-electron chi connectivity index (χ4n) is 2.03. The summed E-state index contributed by atoms with van der Waals surface area (Å²) < 4.78 is 0. The molecule has 1 heterocycles. The van der Waals surface area contributed by atoms with Gasteiger partial charge in [0.2, 0.25) is 0 Å². The van der Waals surface area contributed by atoms with E-state index in [0.29, 0.717) is 11.9 Å². The summed E-state index contributed by atoms with van der Waals surface area (Å²) in [6.45, 7) is 4.19. The van der Waals surface area contributed by atoms with Crippen molar-refractivity contribution < 1.29 is 0 Å². The zero-order valence-corrected chi connectivity index (χ0v) is 9.83. The first-order valence-electron chi connectivity index (χ1n) is 5.81. The lowest BCUT2D eigenvalue weighted by Crippen LogP contribution is -2.14. The number of nitrogens with one attached hydrogen (secondary N) is 2. The Bertz CT molecular complexity index is 365. The van der Waals surface area contributed by atoms with Crippen molar-refractivity contribution in [3.8, 4) is 0 Å². The van der Waals surface area contributed by atoms with Crippen LogP contribution in [0.1, 0.15) is 31.7 Å². The summed E-state index contributed by atoms with van der Waals surface area (Å²) in [5.41, 5.74) is 3.55. The number of nitrogens with two attached hydrogens (primary N) is 1. The lowest BCUT2D eigenvalue weighted by atomic mass is 10.2. The molecule has 1 aliphatic carbocycles. The highest BCUT2D eigenvalue weighted by Crippen LogP contribution is 2.37. The highest BCUT2D eigenvalue weighted by Gasteiger charge is 2.36. The Morgan fingerprint density at radius 1 is 1.44 bits per heavy atom. The van der Waals surface area contributed by atoms with Crippen molar-refractivity contribution in [2.24, 2.45) is 11.8 Å². The van der Waals surface area contributed by atoms with E-state index < -0.39 is 0 Å². The first-order valence-corrected chi connectivity index (χ1v) is 5.81. The van der Waals surface area contributed by atoms with Crippen molar-refractivity contribution in [1.82, 2.24) is 9.97 Å². The third kappa shape index (κ3) is 2.24. The van der Waals surface area contributed by atoms with Crippen LogP contribution in [-0.2, 0) is 0 Å². The number of rotatable bonds is 5. The van der Waals surface area contributed by atoms with Crippen molar-refractivity contribution in [3.05, 3.63) is 11.9 Å². The van der Waals surface area contributed by atoms with E-state index in [1.54, 1.807) is 0 Å². The molecule has 0 aromatic carbocycles. The van der Waals surface area contributed by atoms with Gasteiger partial charge in [0.1, 0.15) is 18.0 Å². The minimum absolute atomic E-state index is 0.583. The maximum Gasteiger partial charge on any atom is 0.148 e. The molecule has 4 N–H and O–H groups in total. The highest BCUT2D eigenvalue weighted by molar-refractivity contribution is 5.56. The Hall–Kier alpha value is -1.36. The predicted octanol–water partition coefficient (Wildman–Crippen LogP) is 1.67. The molecule has 2 unspecified atom stereocenters. The second-order valence-electron chi connectivity index (χ2n) is 4.38. The molecule has 2 atom stereocenters. The number of nitrogens with zero attached hydrogens (tertiary/aromatic N) is 2. The van der Waals surface area contributed by atoms with Gasteiger partial charge in [0.15, 0.2) is 0 Å². The Morgan fingerprint density at radius 3 is 2.88 bits per heavy atom. The van der Waals surface area contributed by atoms with Crippen molar-refractivity contribution in [2.45, 2.75) is 39.2 Å². The zero-order chi connectivity index (χ0) is 11.5. The van der Waals surface area contributed by atoms with Gasteiger partial charge >= 0.3 is 0 Å². The molecular weight excluding hydrogens is 202 g/mol. The molecule has 16 heavy (non-hydrogen) atoms. The average molecular weight is 221 g/mol. The van der Waals surface area contributed by atoms with Crippen LogP contribution in [0.3, 0.4) is 0 Å². The van der Waals surface area contributed by atoms with E-state index in [1.165, 1.54) is 25.6 Å². The van der Waals surface area contributed by atoms with Crippen molar-refractivity contribution in [2.75, 3.05) is 10.7 Å². The Balaban J connectivity index is 2.00. The normalized spacial score (nSPS) is 22.9. The highest BCUT2D eigenvalue weighted by atomic mass is 15.3. The molecule has 0 spiro atoms. The molecule has 5 heteroatoms. The standard InChI is InChI=1S/C11H19N5/c1-3-4-8-5-9(8)15-10-7(2)11(16-12)14-6-13-10/h6,8-9H,3-5,12H2,1-2H3,(H2,13,14,15,16). The van der Waals surface area contributed by atoms with E-state index >= 15 is 0 Å². The molecule has 0 bridgehead atoms. The molecule has 88 valence electrons. The van der Waals surface area contributed by atoms with E-state index in [0.717, 1.165) is 17.3 Å². The molecule has 5 nitrogen and oxygen atoms in total. The summed E-state index contributed by atoms with van der Waals surface area (Å²) in [5.74, 6) is 7.77. The number of hydrogen-bond donors (Lipinski definition) is 3. The minimum atomic E-state index is 0.583. The van der Waals surface area contributed by atoms with Gasteiger partial charge in [-0.25, -0.2) is 15.8 Å². The summed E-state index contributed by atoms with van der Waals surface area (Å²) in [4.78, 5) is 8.30. The number of anilines is 2. The van der Waals surface area contributed by atoms with Gasteiger partial charge in [0.25, 0.3) is 0 Å². The molecule has 0 aliphatic heterocycles. The molecule has 0 radical (unpaired) electrons. The number of aromatic nitrogens is 2. The van der Waals surface area contributed by atoms with Gasteiger partial charge in [-0.2, -0.15) is 0 Å². The Labute approximate surface area is 95.8 Å². The molecule has 0 amide bonds. The zero-order valence-electron chi connectivity index (χ0n) is 9.83. The second kappa shape index (κ2) is 4.65. The van der Waals surface area contributed by atoms with Gasteiger partial charge in [-0.05, 0) is 25.7 Å². The number of nitrogen functional groups attached to an aromatic ring is 1. The average Bonchev–Trinajstić information content (AvgIpc) is 3.00. The van der Waals surface area contributed by atoms with E-state index in [9.17, 15) is 0 Å². The topological polar surface area (TPSA) is 75.9 Å². The van der Waals surface area contributed by atoms with E-state index in [1.807, 2.05) is 6.92 Å². The summed E-state index contributed by atoms with van der Waals surface area (Å²) in [6, 6.07) is 0.583. The molecule has 1 fully saturated rings. The van der Waals surface area contributed by atoms with Crippen LogP contribution in [0.25, 0.3) is 0 Å². The van der Waals surface area contributed by atoms with Gasteiger partial charge in [0, 0.05) is 11.6 Å². The van der Waals surface area contributed by atoms with E-state index in [2.05, 4.69) is 27.6 Å². The van der Waals surface area contributed by atoms with Gasteiger partial charge in [-0.1, -0.05) is 13.3 Å². The Morgan fingerprint density at radius 2 is 2.19 bits per heavy atom. The smallest absolute Gasteiger partial charge is 0.148 e. The van der Waals surface area contributed by atoms with Crippen LogP contribution in [0.2, 0.25) is 0 Å².